The Morgan fingerprint density at radius 2 is 1.65 bits per heavy atom. The summed E-state index contributed by atoms with van der Waals surface area (Å²) in [5, 5.41) is 0.560. The summed E-state index contributed by atoms with van der Waals surface area (Å²) < 4.78 is 39.5. The number of rotatable bonds is 3. The van der Waals surface area contributed by atoms with Gasteiger partial charge in [-0.15, -0.1) is 0 Å². The molecule has 0 aliphatic rings. The maximum Gasteiger partial charge on any atom is 0.263 e. The van der Waals surface area contributed by atoms with E-state index in [1.807, 2.05) is 0 Å². The van der Waals surface area contributed by atoms with Crippen LogP contribution in [0.2, 0.25) is 10.0 Å². The van der Waals surface area contributed by atoms with Gasteiger partial charge >= 0.3 is 0 Å². The molecule has 0 saturated carbocycles. The highest BCUT2D eigenvalue weighted by atomic mass is 35.5. The van der Waals surface area contributed by atoms with Crippen LogP contribution in [0, 0.1) is 5.82 Å². The largest absolute Gasteiger partial charge is 0.398 e. The van der Waals surface area contributed by atoms with Crippen molar-refractivity contribution in [1.29, 1.82) is 0 Å². The third kappa shape index (κ3) is 3.33. The standard InChI is InChI=1S/C12H9Cl2FN2O2S/c13-7-3-8(14)5-10(4-7)17-20(18,19)12-2-1-9(15)6-11(12)16/h1-6,17H,16H2. The number of hydrogen-bond acceptors (Lipinski definition) is 3. The fourth-order valence-electron chi connectivity index (χ4n) is 1.59. The first kappa shape index (κ1) is 14.9. The number of anilines is 2. The lowest BCUT2D eigenvalue weighted by Gasteiger charge is -2.10. The summed E-state index contributed by atoms with van der Waals surface area (Å²) in [4.78, 5) is -0.227. The van der Waals surface area contributed by atoms with E-state index < -0.39 is 15.8 Å². The molecule has 0 unspecified atom stereocenters. The van der Waals surface area contributed by atoms with Crippen LogP contribution in [0.4, 0.5) is 15.8 Å². The van der Waals surface area contributed by atoms with Gasteiger partial charge < -0.3 is 5.73 Å². The van der Waals surface area contributed by atoms with Crippen molar-refractivity contribution in [2.75, 3.05) is 10.5 Å². The molecular formula is C12H9Cl2FN2O2S. The number of nitrogen functional groups attached to an aromatic ring is 1. The van der Waals surface area contributed by atoms with Crippen LogP contribution in [0.5, 0.6) is 0 Å². The number of hydrogen-bond donors (Lipinski definition) is 2. The zero-order chi connectivity index (χ0) is 14.9. The number of halogens is 3. The number of sulfonamides is 1. The third-order valence-corrected chi connectivity index (χ3v) is 4.27. The Labute approximate surface area is 125 Å². The zero-order valence-electron chi connectivity index (χ0n) is 9.90. The molecule has 0 amide bonds. The van der Waals surface area contributed by atoms with Crippen LogP contribution >= 0.6 is 23.2 Å². The van der Waals surface area contributed by atoms with Gasteiger partial charge in [-0.1, -0.05) is 23.2 Å². The minimum atomic E-state index is -3.95. The molecule has 0 bridgehead atoms. The third-order valence-electron chi connectivity index (χ3n) is 2.38. The van der Waals surface area contributed by atoms with Crippen LogP contribution in [0.15, 0.2) is 41.3 Å². The van der Waals surface area contributed by atoms with E-state index in [1.54, 1.807) is 0 Å². The SMILES string of the molecule is Nc1cc(F)ccc1S(=O)(=O)Nc1cc(Cl)cc(Cl)c1. The Kier molecular flexibility index (Phi) is 4.08. The van der Waals surface area contributed by atoms with Gasteiger partial charge in [-0.2, -0.15) is 0 Å². The normalized spacial score (nSPS) is 11.3. The van der Waals surface area contributed by atoms with E-state index in [4.69, 9.17) is 28.9 Å². The molecule has 8 heteroatoms. The first-order chi connectivity index (χ1) is 9.28. The fraction of sp³-hybridized carbons (Fsp3) is 0. The van der Waals surface area contributed by atoms with Crippen LogP contribution in [-0.2, 0) is 10.0 Å². The predicted octanol–water partition coefficient (Wildman–Crippen LogP) is 3.52. The molecule has 0 aliphatic carbocycles. The van der Waals surface area contributed by atoms with Crippen molar-refractivity contribution in [3.8, 4) is 0 Å². The molecule has 0 fully saturated rings. The molecule has 3 N–H and O–H groups in total. The minimum absolute atomic E-state index is 0.186. The van der Waals surface area contributed by atoms with Gasteiger partial charge in [0.15, 0.2) is 0 Å². The Balaban J connectivity index is 2.40. The molecule has 2 aromatic rings. The molecule has 0 saturated heterocycles. The molecule has 0 spiro atoms. The summed E-state index contributed by atoms with van der Waals surface area (Å²) in [6.45, 7) is 0. The van der Waals surface area contributed by atoms with Crippen molar-refractivity contribution < 1.29 is 12.8 Å². The van der Waals surface area contributed by atoms with Crippen LogP contribution in [0.25, 0.3) is 0 Å². The van der Waals surface area contributed by atoms with E-state index in [1.165, 1.54) is 18.2 Å². The molecule has 2 rings (SSSR count). The lowest BCUT2D eigenvalue weighted by molar-refractivity contribution is 0.600. The summed E-state index contributed by atoms with van der Waals surface area (Å²) in [5.74, 6) is -0.618. The van der Waals surface area contributed by atoms with Crippen molar-refractivity contribution in [1.82, 2.24) is 0 Å². The van der Waals surface area contributed by atoms with Crippen molar-refractivity contribution in [3.05, 3.63) is 52.3 Å². The van der Waals surface area contributed by atoms with E-state index in [-0.39, 0.29) is 26.3 Å². The maximum atomic E-state index is 12.9. The van der Waals surface area contributed by atoms with Gasteiger partial charge in [0.1, 0.15) is 10.7 Å². The molecule has 20 heavy (non-hydrogen) atoms. The van der Waals surface area contributed by atoms with Gasteiger partial charge in [0.25, 0.3) is 10.0 Å². The van der Waals surface area contributed by atoms with Gasteiger partial charge in [0.05, 0.1) is 11.4 Å². The Morgan fingerprint density at radius 3 is 2.20 bits per heavy atom. The highest BCUT2D eigenvalue weighted by Crippen LogP contribution is 2.26. The molecule has 0 atom stereocenters. The maximum absolute atomic E-state index is 12.9. The zero-order valence-corrected chi connectivity index (χ0v) is 12.2. The van der Waals surface area contributed by atoms with E-state index >= 15 is 0 Å². The topological polar surface area (TPSA) is 72.2 Å². The second kappa shape index (κ2) is 5.47. The Hall–Kier alpha value is -1.50. The van der Waals surface area contributed by atoms with E-state index in [9.17, 15) is 12.8 Å². The summed E-state index contributed by atoms with van der Waals surface area (Å²) in [7, 11) is -3.95. The Bertz CT molecular complexity index is 746. The van der Waals surface area contributed by atoms with Gasteiger partial charge in [0.2, 0.25) is 0 Å². The fourth-order valence-corrected chi connectivity index (χ4v) is 3.27. The van der Waals surface area contributed by atoms with Crippen molar-refractivity contribution >= 4 is 44.6 Å². The van der Waals surface area contributed by atoms with Crippen LogP contribution in [0.1, 0.15) is 0 Å². The molecule has 0 heterocycles. The van der Waals surface area contributed by atoms with Gasteiger partial charge in [-0.3, -0.25) is 4.72 Å². The molecule has 2 aromatic carbocycles. The molecule has 0 aromatic heterocycles. The number of nitrogens with two attached hydrogens (primary N) is 1. The smallest absolute Gasteiger partial charge is 0.263 e. The van der Waals surface area contributed by atoms with Crippen LogP contribution < -0.4 is 10.5 Å². The monoisotopic (exact) mass is 334 g/mol. The summed E-state index contributed by atoms with van der Waals surface area (Å²) in [6.07, 6.45) is 0. The summed E-state index contributed by atoms with van der Waals surface area (Å²) >= 11 is 11.6. The number of nitrogens with one attached hydrogen (secondary N) is 1. The summed E-state index contributed by atoms with van der Waals surface area (Å²) in [6, 6.07) is 7.27. The molecule has 4 nitrogen and oxygen atoms in total. The molecule has 0 aliphatic heterocycles. The average Bonchev–Trinajstić information content (AvgIpc) is 2.25. The first-order valence-corrected chi connectivity index (χ1v) is 7.56. The highest BCUT2D eigenvalue weighted by molar-refractivity contribution is 7.92. The highest BCUT2D eigenvalue weighted by Gasteiger charge is 2.18. The van der Waals surface area contributed by atoms with E-state index in [2.05, 4.69) is 4.72 Å². The quantitative estimate of drug-likeness (QED) is 0.843. The second-order valence-electron chi connectivity index (χ2n) is 3.95. The lowest BCUT2D eigenvalue weighted by Crippen LogP contribution is -2.15. The van der Waals surface area contributed by atoms with E-state index in [0.29, 0.717) is 0 Å². The van der Waals surface area contributed by atoms with Crippen molar-refractivity contribution in [3.63, 3.8) is 0 Å². The van der Waals surface area contributed by atoms with Gasteiger partial charge in [-0.05, 0) is 36.4 Å². The van der Waals surface area contributed by atoms with Crippen LogP contribution in [-0.4, -0.2) is 8.42 Å². The van der Waals surface area contributed by atoms with Gasteiger partial charge in [-0.25, -0.2) is 12.8 Å². The van der Waals surface area contributed by atoms with Crippen molar-refractivity contribution in [2.24, 2.45) is 0 Å². The average molecular weight is 335 g/mol. The predicted molar refractivity (Wildman–Crippen MR) is 78.1 cm³/mol. The lowest BCUT2D eigenvalue weighted by atomic mass is 10.3. The van der Waals surface area contributed by atoms with E-state index in [0.717, 1.165) is 18.2 Å². The molecular weight excluding hydrogens is 326 g/mol. The van der Waals surface area contributed by atoms with Crippen LogP contribution in [0.3, 0.4) is 0 Å². The molecule has 106 valence electrons. The minimum Gasteiger partial charge on any atom is -0.398 e. The first-order valence-electron chi connectivity index (χ1n) is 5.32. The molecule has 0 radical (unpaired) electrons. The number of benzene rings is 2. The second-order valence-corrected chi connectivity index (χ2v) is 6.47. The van der Waals surface area contributed by atoms with Gasteiger partial charge in [0, 0.05) is 10.0 Å². The van der Waals surface area contributed by atoms with Crippen molar-refractivity contribution in [2.45, 2.75) is 4.90 Å². The summed E-state index contributed by atoms with van der Waals surface area (Å²) in [5.41, 5.74) is 5.51. The Morgan fingerprint density at radius 1 is 1.05 bits per heavy atom.